The lowest BCUT2D eigenvalue weighted by Crippen LogP contribution is -2.48. The molecular weight excluding hydrogens is 399 g/mol. The number of halogens is 3. The molecule has 3 rings (SSSR count). The van der Waals surface area contributed by atoms with Crippen molar-refractivity contribution < 1.29 is 27.4 Å². The number of nitrogens with zero attached hydrogens (tertiary/aromatic N) is 2. The number of amides is 1. The Labute approximate surface area is 175 Å². The average Bonchev–Trinajstić information content (AvgIpc) is 3.04. The molecule has 6 nitrogen and oxygen atoms in total. The van der Waals surface area contributed by atoms with Crippen molar-refractivity contribution >= 4 is 11.8 Å². The van der Waals surface area contributed by atoms with Gasteiger partial charge in [0.2, 0.25) is 0 Å². The van der Waals surface area contributed by atoms with Gasteiger partial charge in [-0.05, 0) is 58.8 Å². The number of benzene rings is 1. The van der Waals surface area contributed by atoms with Gasteiger partial charge in [0.05, 0.1) is 6.04 Å². The zero-order valence-corrected chi connectivity index (χ0v) is 17.7. The topological polar surface area (TPSA) is 54.0 Å². The number of anilines is 1. The van der Waals surface area contributed by atoms with E-state index in [4.69, 9.17) is 4.74 Å². The summed E-state index contributed by atoms with van der Waals surface area (Å²) in [6.45, 7) is 8.30. The third kappa shape index (κ3) is 6.42. The first kappa shape index (κ1) is 22.5. The Hall–Kier alpha value is -2.16. The van der Waals surface area contributed by atoms with Gasteiger partial charge in [0.25, 0.3) is 0 Å². The predicted octanol–water partition coefficient (Wildman–Crippen LogP) is 4.47. The summed E-state index contributed by atoms with van der Waals surface area (Å²) >= 11 is 0. The molecule has 2 aliphatic rings. The van der Waals surface area contributed by atoms with Gasteiger partial charge in [-0.1, -0.05) is 12.5 Å². The van der Waals surface area contributed by atoms with Crippen LogP contribution >= 0.6 is 0 Å². The number of hydrogen-bond donors (Lipinski definition) is 1. The van der Waals surface area contributed by atoms with Crippen LogP contribution in [0.1, 0.15) is 40.0 Å². The number of likely N-dealkylation sites (tertiary alicyclic amines) is 2. The van der Waals surface area contributed by atoms with Gasteiger partial charge in [-0.25, -0.2) is 4.79 Å². The maximum absolute atomic E-state index is 12.6. The molecule has 0 aromatic heterocycles. The molecule has 1 aromatic carbocycles. The fraction of sp³-hybridized carbons (Fsp3) is 0.667. The van der Waals surface area contributed by atoms with Crippen LogP contribution in [-0.4, -0.2) is 66.1 Å². The number of carbonyl (C=O) groups is 1. The lowest BCUT2D eigenvalue weighted by atomic mass is 10.0. The summed E-state index contributed by atoms with van der Waals surface area (Å²) in [5, 5.41) is 3.32. The molecule has 1 amide bonds. The summed E-state index contributed by atoms with van der Waals surface area (Å²) in [6, 6.07) is 5.74. The number of ether oxygens (including phenoxy) is 2. The van der Waals surface area contributed by atoms with E-state index in [1.165, 1.54) is 24.6 Å². The fourth-order valence-corrected chi connectivity index (χ4v) is 4.02. The standard InChI is InChI=1S/C21H30F3N3O3/c1-20(2,3)30-19(28)27-13-17(18(14-27)26-10-5-4-6-11-26)25-15-8-7-9-16(12-15)29-21(22,23)24/h7-9,12,17-18,25H,4-6,10-11,13-14H2,1-3H3/t17-,18-/m1/s1. The molecule has 2 aliphatic heterocycles. The molecule has 0 radical (unpaired) electrons. The van der Waals surface area contributed by atoms with E-state index in [1.54, 1.807) is 11.0 Å². The smallest absolute Gasteiger partial charge is 0.444 e. The van der Waals surface area contributed by atoms with Crippen LogP contribution < -0.4 is 10.1 Å². The Morgan fingerprint density at radius 3 is 2.43 bits per heavy atom. The van der Waals surface area contributed by atoms with Crippen molar-refractivity contribution in [3.05, 3.63) is 24.3 Å². The van der Waals surface area contributed by atoms with Gasteiger partial charge in [0, 0.05) is 30.9 Å². The van der Waals surface area contributed by atoms with E-state index in [9.17, 15) is 18.0 Å². The molecule has 30 heavy (non-hydrogen) atoms. The zero-order valence-electron chi connectivity index (χ0n) is 17.7. The molecule has 0 unspecified atom stereocenters. The largest absolute Gasteiger partial charge is 0.573 e. The lowest BCUT2D eigenvalue weighted by molar-refractivity contribution is -0.274. The summed E-state index contributed by atoms with van der Waals surface area (Å²) in [4.78, 5) is 16.7. The zero-order chi connectivity index (χ0) is 21.9. The highest BCUT2D eigenvalue weighted by atomic mass is 19.4. The van der Waals surface area contributed by atoms with Crippen LogP contribution in [0.3, 0.4) is 0 Å². The number of piperidine rings is 1. The van der Waals surface area contributed by atoms with Gasteiger partial charge in [-0.15, -0.1) is 13.2 Å². The van der Waals surface area contributed by atoms with Gasteiger partial charge < -0.3 is 19.7 Å². The molecule has 2 atom stereocenters. The lowest BCUT2D eigenvalue weighted by Gasteiger charge is -2.35. The molecule has 2 fully saturated rings. The van der Waals surface area contributed by atoms with Gasteiger partial charge in [0.15, 0.2) is 0 Å². The quantitative estimate of drug-likeness (QED) is 0.765. The van der Waals surface area contributed by atoms with Crippen molar-refractivity contribution in [2.45, 2.75) is 64.1 Å². The monoisotopic (exact) mass is 429 g/mol. The van der Waals surface area contributed by atoms with Crippen LogP contribution in [0.2, 0.25) is 0 Å². The van der Waals surface area contributed by atoms with E-state index in [0.717, 1.165) is 25.9 Å². The molecule has 9 heteroatoms. The van der Waals surface area contributed by atoms with Crippen LogP contribution in [0.15, 0.2) is 24.3 Å². The van der Waals surface area contributed by atoms with Gasteiger partial charge in [-0.2, -0.15) is 0 Å². The van der Waals surface area contributed by atoms with Crippen molar-refractivity contribution in [2.24, 2.45) is 0 Å². The molecule has 0 spiro atoms. The van der Waals surface area contributed by atoms with Gasteiger partial charge in [0.1, 0.15) is 11.4 Å². The molecule has 2 heterocycles. The minimum atomic E-state index is -4.74. The minimum absolute atomic E-state index is 0.0602. The molecule has 168 valence electrons. The summed E-state index contributed by atoms with van der Waals surface area (Å²) in [7, 11) is 0. The molecule has 0 bridgehead atoms. The second-order valence-electron chi connectivity index (χ2n) is 8.88. The van der Waals surface area contributed by atoms with E-state index in [0.29, 0.717) is 18.8 Å². The van der Waals surface area contributed by atoms with Gasteiger partial charge in [-0.3, -0.25) is 4.90 Å². The Kier molecular flexibility index (Phi) is 6.69. The highest BCUT2D eigenvalue weighted by Crippen LogP contribution is 2.28. The maximum Gasteiger partial charge on any atom is 0.573 e. The summed E-state index contributed by atoms with van der Waals surface area (Å²) < 4.78 is 47.2. The predicted molar refractivity (Wildman–Crippen MR) is 108 cm³/mol. The first-order valence-electron chi connectivity index (χ1n) is 10.3. The minimum Gasteiger partial charge on any atom is -0.444 e. The third-order valence-corrected chi connectivity index (χ3v) is 5.22. The number of alkyl halides is 3. The van der Waals surface area contributed by atoms with E-state index < -0.39 is 12.0 Å². The number of rotatable bonds is 4. The molecular formula is C21H30F3N3O3. The molecule has 1 aromatic rings. The van der Waals surface area contributed by atoms with Crippen molar-refractivity contribution in [1.82, 2.24) is 9.80 Å². The maximum atomic E-state index is 12.6. The number of hydrogen-bond acceptors (Lipinski definition) is 5. The highest BCUT2D eigenvalue weighted by Gasteiger charge is 2.40. The van der Waals surface area contributed by atoms with Crippen molar-refractivity contribution in [3.8, 4) is 5.75 Å². The van der Waals surface area contributed by atoms with Crippen LogP contribution in [0.5, 0.6) is 5.75 Å². The Balaban J connectivity index is 1.74. The van der Waals surface area contributed by atoms with E-state index in [1.807, 2.05) is 20.8 Å². The van der Waals surface area contributed by atoms with Crippen LogP contribution in [0.25, 0.3) is 0 Å². The number of carbonyl (C=O) groups excluding carboxylic acids is 1. The molecule has 1 N–H and O–H groups in total. The second-order valence-corrected chi connectivity index (χ2v) is 8.88. The van der Waals surface area contributed by atoms with Crippen LogP contribution in [-0.2, 0) is 4.74 Å². The van der Waals surface area contributed by atoms with Crippen LogP contribution in [0, 0.1) is 0 Å². The van der Waals surface area contributed by atoms with Crippen molar-refractivity contribution in [1.29, 1.82) is 0 Å². The summed E-state index contributed by atoms with van der Waals surface area (Å²) in [5.41, 5.74) is -0.0678. The number of nitrogens with one attached hydrogen (secondary N) is 1. The van der Waals surface area contributed by atoms with Crippen LogP contribution in [0.4, 0.5) is 23.7 Å². The van der Waals surface area contributed by atoms with Gasteiger partial charge >= 0.3 is 12.5 Å². The fourth-order valence-electron chi connectivity index (χ4n) is 4.02. The van der Waals surface area contributed by atoms with E-state index >= 15 is 0 Å². The molecule has 2 saturated heterocycles. The normalized spacial score (nSPS) is 23.3. The Bertz CT molecular complexity index is 730. The van der Waals surface area contributed by atoms with E-state index in [2.05, 4.69) is 15.0 Å². The van der Waals surface area contributed by atoms with Crippen molar-refractivity contribution in [3.63, 3.8) is 0 Å². The Morgan fingerprint density at radius 1 is 1.10 bits per heavy atom. The first-order valence-corrected chi connectivity index (χ1v) is 10.3. The second kappa shape index (κ2) is 8.91. The summed E-state index contributed by atoms with van der Waals surface area (Å²) in [6.07, 6.45) is -1.72. The molecule has 0 saturated carbocycles. The molecule has 0 aliphatic carbocycles. The SMILES string of the molecule is CC(C)(C)OC(=O)N1C[C@@H](N2CCCCC2)[C@H](Nc2cccc(OC(F)(F)F)c2)C1. The Morgan fingerprint density at radius 2 is 1.80 bits per heavy atom. The van der Waals surface area contributed by atoms with E-state index in [-0.39, 0.29) is 23.9 Å². The highest BCUT2D eigenvalue weighted by molar-refractivity contribution is 5.69. The summed E-state index contributed by atoms with van der Waals surface area (Å²) in [5.74, 6) is -0.274. The van der Waals surface area contributed by atoms with Crippen molar-refractivity contribution in [2.75, 3.05) is 31.5 Å². The first-order chi connectivity index (χ1) is 14.0. The third-order valence-electron chi connectivity index (χ3n) is 5.22. The average molecular weight is 429 g/mol.